The molecule has 1 aromatic heterocycles. The molecule has 5 nitrogen and oxygen atoms in total. The van der Waals surface area contributed by atoms with Crippen molar-refractivity contribution in [2.24, 2.45) is 0 Å². The minimum Gasteiger partial charge on any atom is -0.481 e. The van der Waals surface area contributed by atoms with Gasteiger partial charge in [-0.05, 0) is 37.6 Å². The Morgan fingerprint density at radius 3 is 2.59 bits per heavy atom. The highest BCUT2D eigenvalue weighted by molar-refractivity contribution is 8.00. The number of hydrogen-bond acceptors (Lipinski definition) is 5. The zero-order chi connectivity index (χ0) is 16.1. The zero-order valence-electron chi connectivity index (χ0n) is 12.2. The standard InChI is InChI=1S/C15H16ClN3O2S/c1-9-6-10(2)18-15(17-9)19-14(22-8-13(20)21)11-4-3-5-12(16)7-11/h3-7,14H,8H2,1-2H3,(H,20,21)(H,17,18,19). The van der Waals surface area contributed by atoms with Gasteiger partial charge in [-0.15, -0.1) is 11.8 Å². The number of halogens is 1. The first-order valence-electron chi connectivity index (χ1n) is 6.62. The van der Waals surface area contributed by atoms with Crippen LogP contribution in [0.3, 0.4) is 0 Å². The highest BCUT2D eigenvalue weighted by atomic mass is 35.5. The molecule has 2 rings (SSSR count). The number of carboxylic acid groups (broad SMARTS) is 1. The van der Waals surface area contributed by atoms with Crippen molar-refractivity contribution in [2.75, 3.05) is 11.1 Å². The third-order valence-corrected chi connectivity index (χ3v) is 4.14. The van der Waals surface area contributed by atoms with Crippen LogP contribution in [-0.4, -0.2) is 26.8 Å². The normalized spacial score (nSPS) is 12.0. The Morgan fingerprint density at radius 1 is 1.32 bits per heavy atom. The molecule has 0 spiro atoms. The lowest BCUT2D eigenvalue weighted by molar-refractivity contribution is -0.133. The van der Waals surface area contributed by atoms with E-state index in [2.05, 4.69) is 15.3 Å². The topological polar surface area (TPSA) is 75.1 Å². The molecule has 7 heteroatoms. The fourth-order valence-electron chi connectivity index (χ4n) is 1.95. The van der Waals surface area contributed by atoms with Gasteiger partial charge in [0, 0.05) is 16.4 Å². The molecule has 1 aromatic carbocycles. The fraction of sp³-hybridized carbons (Fsp3) is 0.267. The molecule has 0 aliphatic rings. The van der Waals surface area contributed by atoms with E-state index in [0.717, 1.165) is 17.0 Å². The minimum atomic E-state index is -0.875. The molecule has 0 saturated heterocycles. The molecule has 116 valence electrons. The van der Waals surface area contributed by atoms with Crippen molar-refractivity contribution in [3.05, 3.63) is 52.3 Å². The SMILES string of the molecule is Cc1cc(C)nc(NC(SCC(=O)O)c2cccc(Cl)c2)n1. The van der Waals surface area contributed by atoms with Crippen molar-refractivity contribution in [1.82, 2.24) is 9.97 Å². The number of anilines is 1. The Labute approximate surface area is 138 Å². The van der Waals surface area contributed by atoms with Crippen molar-refractivity contribution in [3.8, 4) is 0 Å². The van der Waals surface area contributed by atoms with Crippen LogP contribution in [-0.2, 0) is 4.79 Å². The van der Waals surface area contributed by atoms with Crippen LogP contribution in [0.1, 0.15) is 22.3 Å². The molecule has 1 heterocycles. The Bertz CT molecular complexity index is 661. The van der Waals surface area contributed by atoms with E-state index in [4.69, 9.17) is 16.7 Å². The molecule has 0 fully saturated rings. The average molecular weight is 338 g/mol. The van der Waals surface area contributed by atoms with Gasteiger partial charge in [0.15, 0.2) is 0 Å². The summed E-state index contributed by atoms with van der Waals surface area (Å²) in [6.07, 6.45) is 0. The van der Waals surface area contributed by atoms with Gasteiger partial charge in [0.25, 0.3) is 0 Å². The summed E-state index contributed by atoms with van der Waals surface area (Å²) in [5.41, 5.74) is 2.58. The van der Waals surface area contributed by atoms with Gasteiger partial charge in [-0.3, -0.25) is 4.79 Å². The van der Waals surface area contributed by atoms with Crippen LogP contribution in [0.15, 0.2) is 30.3 Å². The Balaban J connectivity index is 2.25. The summed E-state index contributed by atoms with van der Waals surface area (Å²) in [7, 11) is 0. The van der Waals surface area contributed by atoms with Gasteiger partial charge in [-0.2, -0.15) is 0 Å². The van der Waals surface area contributed by atoms with E-state index in [-0.39, 0.29) is 11.1 Å². The Morgan fingerprint density at radius 2 is 2.00 bits per heavy atom. The molecule has 0 aliphatic carbocycles. The highest BCUT2D eigenvalue weighted by Gasteiger charge is 2.16. The van der Waals surface area contributed by atoms with Crippen molar-refractivity contribution in [1.29, 1.82) is 0 Å². The number of hydrogen-bond donors (Lipinski definition) is 2. The van der Waals surface area contributed by atoms with Crippen molar-refractivity contribution in [2.45, 2.75) is 19.2 Å². The fourth-order valence-corrected chi connectivity index (χ4v) is 2.99. The molecule has 22 heavy (non-hydrogen) atoms. The molecule has 0 aliphatic heterocycles. The van der Waals surface area contributed by atoms with Crippen molar-refractivity contribution < 1.29 is 9.90 Å². The second-order valence-corrected chi connectivity index (χ2v) is 6.29. The highest BCUT2D eigenvalue weighted by Crippen LogP contribution is 2.30. The molecule has 0 saturated carbocycles. The van der Waals surface area contributed by atoms with E-state index in [0.29, 0.717) is 11.0 Å². The van der Waals surface area contributed by atoms with Crippen molar-refractivity contribution in [3.63, 3.8) is 0 Å². The van der Waals surface area contributed by atoms with E-state index >= 15 is 0 Å². The summed E-state index contributed by atoms with van der Waals surface area (Å²) < 4.78 is 0. The second kappa shape index (κ2) is 7.47. The number of nitrogens with zero attached hydrogens (tertiary/aromatic N) is 2. The number of aryl methyl sites for hydroxylation is 2. The summed E-state index contributed by atoms with van der Waals surface area (Å²) in [4.78, 5) is 19.5. The second-order valence-electron chi connectivity index (χ2n) is 4.76. The first-order chi connectivity index (χ1) is 10.4. The third kappa shape index (κ3) is 4.89. The van der Waals surface area contributed by atoms with Gasteiger partial charge in [0.1, 0.15) is 5.37 Å². The smallest absolute Gasteiger partial charge is 0.313 e. The molecule has 1 unspecified atom stereocenters. The van der Waals surface area contributed by atoms with Crippen LogP contribution >= 0.6 is 23.4 Å². The van der Waals surface area contributed by atoms with Gasteiger partial charge in [-0.1, -0.05) is 23.7 Å². The quantitative estimate of drug-likeness (QED) is 0.783. The summed E-state index contributed by atoms with van der Waals surface area (Å²) >= 11 is 7.27. The maximum absolute atomic E-state index is 10.9. The van der Waals surface area contributed by atoms with E-state index in [9.17, 15) is 4.79 Å². The van der Waals surface area contributed by atoms with E-state index in [1.165, 1.54) is 11.8 Å². The summed E-state index contributed by atoms with van der Waals surface area (Å²) in [6, 6.07) is 9.18. The van der Waals surface area contributed by atoms with Crippen LogP contribution in [0.5, 0.6) is 0 Å². The van der Waals surface area contributed by atoms with Crippen LogP contribution in [0, 0.1) is 13.8 Å². The zero-order valence-corrected chi connectivity index (χ0v) is 13.8. The largest absolute Gasteiger partial charge is 0.481 e. The molecule has 2 N–H and O–H groups in total. The van der Waals surface area contributed by atoms with Gasteiger partial charge in [0.2, 0.25) is 5.95 Å². The molecular formula is C15H16ClN3O2S. The van der Waals surface area contributed by atoms with E-state index in [1.807, 2.05) is 32.0 Å². The molecule has 0 radical (unpaired) electrons. The predicted molar refractivity (Wildman–Crippen MR) is 89.4 cm³/mol. The maximum Gasteiger partial charge on any atom is 0.313 e. The monoisotopic (exact) mass is 337 g/mol. The maximum atomic E-state index is 10.9. The van der Waals surface area contributed by atoms with Crippen LogP contribution in [0.25, 0.3) is 0 Å². The van der Waals surface area contributed by atoms with Gasteiger partial charge in [0.05, 0.1) is 5.75 Å². The van der Waals surface area contributed by atoms with Gasteiger partial charge >= 0.3 is 5.97 Å². The van der Waals surface area contributed by atoms with Crippen LogP contribution in [0.4, 0.5) is 5.95 Å². The third-order valence-electron chi connectivity index (χ3n) is 2.77. The lowest BCUT2D eigenvalue weighted by Gasteiger charge is -2.18. The average Bonchev–Trinajstić information content (AvgIpc) is 2.42. The number of carbonyl (C=O) groups is 1. The molecule has 2 aromatic rings. The lowest BCUT2D eigenvalue weighted by Crippen LogP contribution is -2.13. The number of aliphatic carboxylic acids is 1. The van der Waals surface area contributed by atoms with Crippen molar-refractivity contribution >= 4 is 35.3 Å². The summed E-state index contributed by atoms with van der Waals surface area (Å²) in [5.74, 6) is -0.435. The van der Waals surface area contributed by atoms with Crippen LogP contribution < -0.4 is 5.32 Å². The van der Waals surface area contributed by atoms with E-state index < -0.39 is 5.97 Å². The molecule has 0 amide bonds. The molecule has 0 bridgehead atoms. The van der Waals surface area contributed by atoms with Crippen LogP contribution in [0.2, 0.25) is 5.02 Å². The number of rotatable bonds is 6. The summed E-state index contributed by atoms with van der Waals surface area (Å²) in [5, 5.41) is 12.4. The minimum absolute atomic E-state index is 0.0328. The summed E-state index contributed by atoms with van der Waals surface area (Å²) in [6.45, 7) is 3.78. The molecular weight excluding hydrogens is 322 g/mol. The van der Waals surface area contributed by atoms with Gasteiger partial charge < -0.3 is 10.4 Å². The van der Waals surface area contributed by atoms with Gasteiger partial charge in [-0.25, -0.2) is 9.97 Å². The predicted octanol–water partition coefficient (Wildman–Crippen LogP) is 3.68. The lowest BCUT2D eigenvalue weighted by atomic mass is 10.2. The van der Waals surface area contributed by atoms with E-state index in [1.54, 1.807) is 12.1 Å². The Hall–Kier alpha value is -1.79. The number of aromatic nitrogens is 2. The number of thioether (sulfide) groups is 1. The molecule has 1 atom stereocenters. The Kier molecular flexibility index (Phi) is 5.63. The number of carboxylic acids is 1. The number of benzene rings is 1. The first-order valence-corrected chi connectivity index (χ1v) is 8.04. The first kappa shape index (κ1) is 16.6. The number of nitrogens with one attached hydrogen (secondary N) is 1.